The van der Waals surface area contributed by atoms with Crippen molar-refractivity contribution in [3.63, 3.8) is 0 Å². The monoisotopic (exact) mass is 613 g/mol. The second-order valence-electron chi connectivity index (χ2n) is 10.8. The van der Waals surface area contributed by atoms with Crippen molar-refractivity contribution < 1.29 is 0 Å². The molecule has 0 saturated carbocycles. The molecule has 1 aliphatic carbocycles. The molecule has 0 spiro atoms. The molecular formula is C45H59N. The minimum absolute atomic E-state index is 0.0379. The Morgan fingerprint density at radius 2 is 1.17 bits per heavy atom. The van der Waals surface area contributed by atoms with Gasteiger partial charge in [0.05, 0.1) is 5.69 Å². The van der Waals surface area contributed by atoms with Gasteiger partial charge in [-0.2, -0.15) is 0 Å². The predicted molar refractivity (Wildman–Crippen MR) is 210 cm³/mol. The molecule has 1 aliphatic rings. The fraction of sp³-hybridized carbons (Fsp3) is 0.289. The molecule has 0 radical (unpaired) electrons. The highest BCUT2D eigenvalue weighted by molar-refractivity contribution is 5.89. The van der Waals surface area contributed by atoms with Gasteiger partial charge >= 0.3 is 0 Å². The van der Waals surface area contributed by atoms with Crippen LogP contribution in [0.5, 0.6) is 0 Å². The van der Waals surface area contributed by atoms with E-state index in [-0.39, 0.29) is 5.41 Å². The van der Waals surface area contributed by atoms with Crippen LogP contribution in [0.15, 0.2) is 140 Å². The normalized spacial score (nSPS) is 12.3. The third-order valence-corrected chi connectivity index (χ3v) is 8.19. The van der Waals surface area contributed by atoms with Crippen LogP contribution < -0.4 is 4.90 Å². The van der Waals surface area contributed by atoms with Gasteiger partial charge in [-0.05, 0) is 85.4 Å². The molecule has 1 nitrogen and oxygen atoms in total. The van der Waals surface area contributed by atoms with Gasteiger partial charge in [-0.15, -0.1) is 0 Å². The van der Waals surface area contributed by atoms with E-state index >= 15 is 0 Å². The van der Waals surface area contributed by atoms with Crippen LogP contribution in [0, 0.1) is 13.8 Å². The van der Waals surface area contributed by atoms with E-state index in [4.69, 9.17) is 0 Å². The fourth-order valence-electron chi connectivity index (χ4n) is 5.39. The smallest absolute Gasteiger partial charge is 0.0539 e. The summed E-state index contributed by atoms with van der Waals surface area (Å²) in [5.41, 5.74) is 13.6. The van der Waals surface area contributed by atoms with E-state index in [1.165, 1.54) is 44.5 Å². The zero-order valence-electron chi connectivity index (χ0n) is 30.8. The lowest BCUT2D eigenvalue weighted by molar-refractivity contribution is 0.639. The Morgan fingerprint density at radius 1 is 0.652 bits per heavy atom. The third kappa shape index (κ3) is 9.10. The van der Waals surface area contributed by atoms with Gasteiger partial charge in [-0.1, -0.05) is 165 Å². The third-order valence-electron chi connectivity index (χ3n) is 8.19. The minimum Gasteiger partial charge on any atom is -0.310 e. The first-order valence-electron chi connectivity index (χ1n) is 17.0. The lowest BCUT2D eigenvalue weighted by Gasteiger charge is -2.30. The molecule has 0 aromatic heterocycles. The Balaban J connectivity index is 0.000000639. The van der Waals surface area contributed by atoms with Crippen LogP contribution in [0.2, 0.25) is 0 Å². The highest BCUT2D eigenvalue weighted by atomic mass is 15.1. The summed E-state index contributed by atoms with van der Waals surface area (Å²) in [6, 6.07) is 34.3. The molecule has 4 aromatic carbocycles. The van der Waals surface area contributed by atoms with Crippen LogP contribution in [0.4, 0.5) is 11.4 Å². The quantitative estimate of drug-likeness (QED) is 0.196. The van der Waals surface area contributed by atoms with Gasteiger partial charge in [0, 0.05) is 22.4 Å². The Kier molecular flexibility index (Phi) is 17.2. The molecule has 0 N–H and O–H groups in total. The number of hydrogen-bond donors (Lipinski definition) is 0. The second-order valence-corrected chi connectivity index (χ2v) is 10.8. The molecule has 0 bridgehead atoms. The van der Waals surface area contributed by atoms with Crippen molar-refractivity contribution in [2.45, 2.75) is 88.5 Å². The maximum atomic E-state index is 4.11. The molecule has 0 heterocycles. The molecule has 244 valence electrons. The number of benzene rings is 4. The van der Waals surface area contributed by atoms with Crippen molar-refractivity contribution in [3.8, 4) is 11.1 Å². The number of anilines is 2. The van der Waals surface area contributed by atoms with E-state index < -0.39 is 0 Å². The Bertz CT molecular complexity index is 1560. The van der Waals surface area contributed by atoms with E-state index in [9.17, 15) is 0 Å². The van der Waals surface area contributed by atoms with E-state index in [1.807, 2.05) is 53.7 Å². The topological polar surface area (TPSA) is 3.24 Å². The van der Waals surface area contributed by atoms with Crippen molar-refractivity contribution in [2.75, 3.05) is 4.90 Å². The maximum Gasteiger partial charge on any atom is 0.0539 e. The van der Waals surface area contributed by atoms with Gasteiger partial charge in [0.25, 0.3) is 0 Å². The largest absolute Gasteiger partial charge is 0.310 e. The number of allylic oxidation sites excluding steroid dienone is 5. The molecule has 0 amide bonds. The number of fused-ring (bicyclic) bond motifs is 1. The molecule has 5 rings (SSSR count). The summed E-state index contributed by atoms with van der Waals surface area (Å²) in [7, 11) is 0. The highest BCUT2D eigenvalue weighted by Crippen LogP contribution is 2.48. The number of rotatable bonds is 6. The Hall–Kier alpha value is -4.36. The van der Waals surface area contributed by atoms with Gasteiger partial charge in [-0.25, -0.2) is 0 Å². The molecule has 0 atom stereocenters. The van der Waals surface area contributed by atoms with Crippen molar-refractivity contribution in [1.29, 1.82) is 0 Å². The van der Waals surface area contributed by atoms with Crippen molar-refractivity contribution in [3.05, 3.63) is 162 Å². The average Bonchev–Trinajstić information content (AvgIpc) is 3.31. The number of para-hydroxylation sites is 1. The Labute approximate surface area is 282 Å². The number of nitrogens with zero attached hydrogens (tertiary/aromatic N) is 1. The molecule has 0 unspecified atom stereocenters. The van der Waals surface area contributed by atoms with Gasteiger partial charge < -0.3 is 4.90 Å². The number of hydrogen-bond acceptors (Lipinski definition) is 1. The van der Waals surface area contributed by atoms with E-state index in [1.54, 1.807) is 0 Å². The van der Waals surface area contributed by atoms with Crippen LogP contribution in [-0.4, -0.2) is 0 Å². The Morgan fingerprint density at radius 3 is 1.67 bits per heavy atom. The van der Waals surface area contributed by atoms with Crippen molar-refractivity contribution >= 4 is 16.9 Å². The van der Waals surface area contributed by atoms with Crippen LogP contribution in [0.1, 0.15) is 91.5 Å². The SMILES string of the molecule is C=CC1=C(C)C(C)(C)c2cc(N(/C(C=C)=C/C)c3ccccc3-c3ccccc3)ccc21.CC.CC.CC.Cc1ccccc1C. The molecule has 0 aliphatic heterocycles. The van der Waals surface area contributed by atoms with Gasteiger partial charge in [-0.3, -0.25) is 0 Å². The first-order valence-corrected chi connectivity index (χ1v) is 17.0. The predicted octanol–water partition coefficient (Wildman–Crippen LogP) is 14.2. The first kappa shape index (κ1) is 39.7. The molecule has 0 saturated heterocycles. The minimum atomic E-state index is -0.0379. The van der Waals surface area contributed by atoms with Gasteiger partial charge in [0.1, 0.15) is 0 Å². The molecule has 4 aromatic rings. The molecular weight excluding hydrogens is 555 g/mol. The highest BCUT2D eigenvalue weighted by Gasteiger charge is 2.35. The standard InChI is InChI=1S/C31H31N.C8H10.3C2H6/c1-7-24(8-2)32(30-18-14-13-17-27(30)23-15-11-10-12-16-23)25-19-20-28-26(9-3)22(4)31(5,6)29(28)21-25;1-7-5-3-4-6-8(7)2;3*1-2/h7-21H,1,3H2,2,4-6H3;3-6H,1-2H3;3*1-2H3/b24-8+;;;;. The number of aryl methyl sites for hydroxylation is 2. The van der Waals surface area contributed by atoms with Crippen LogP contribution in [0.3, 0.4) is 0 Å². The summed E-state index contributed by atoms with van der Waals surface area (Å²) in [4.78, 5) is 2.31. The lowest BCUT2D eigenvalue weighted by atomic mass is 9.82. The molecule has 46 heavy (non-hydrogen) atoms. The lowest BCUT2D eigenvalue weighted by Crippen LogP contribution is -2.19. The summed E-state index contributed by atoms with van der Waals surface area (Å²) < 4.78 is 0. The summed E-state index contributed by atoms with van der Waals surface area (Å²) in [5.74, 6) is 0. The second kappa shape index (κ2) is 19.9. The van der Waals surface area contributed by atoms with E-state index in [0.29, 0.717) is 0 Å². The first-order chi connectivity index (χ1) is 22.2. The zero-order chi connectivity index (χ0) is 34.9. The van der Waals surface area contributed by atoms with Gasteiger partial charge in [0.15, 0.2) is 0 Å². The molecule has 1 heteroatoms. The van der Waals surface area contributed by atoms with Gasteiger partial charge in [0.2, 0.25) is 0 Å². The average molecular weight is 614 g/mol. The fourth-order valence-corrected chi connectivity index (χ4v) is 5.39. The zero-order valence-corrected chi connectivity index (χ0v) is 30.8. The van der Waals surface area contributed by atoms with E-state index in [0.717, 1.165) is 17.1 Å². The van der Waals surface area contributed by atoms with E-state index in [2.05, 4.69) is 163 Å². The van der Waals surface area contributed by atoms with Crippen molar-refractivity contribution in [2.24, 2.45) is 0 Å². The summed E-state index contributed by atoms with van der Waals surface area (Å²) in [6.07, 6.45) is 6.04. The molecule has 0 fully saturated rings. The maximum absolute atomic E-state index is 4.11. The summed E-state index contributed by atoms with van der Waals surface area (Å²) in [6.45, 7) is 33.3. The summed E-state index contributed by atoms with van der Waals surface area (Å²) >= 11 is 0. The summed E-state index contributed by atoms with van der Waals surface area (Å²) in [5, 5.41) is 0. The van der Waals surface area contributed by atoms with Crippen LogP contribution in [0.25, 0.3) is 16.7 Å². The van der Waals surface area contributed by atoms with Crippen molar-refractivity contribution in [1.82, 2.24) is 0 Å². The van der Waals surface area contributed by atoms with Crippen LogP contribution in [-0.2, 0) is 5.41 Å². The van der Waals surface area contributed by atoms with Crippen LogP contribution >= 0.6 is 0 Å².